The third-order valence-electron chi connectivity index (χ3n) is 3.08. The first-order chi connectivity index (χ1) is 9.02. The number of aryl methyl sites for hydroxylation is 1. The summed E-state index contributed by atoms with van der Waals surface area (Å²) in [5.74, 6) is 0.449. The van der Waals surface area contributed by atoms with Crippen LogP contribution in [0.25, 0.3) is 0 Å². The van der Waals surface area contributed by atoms with Crippen molar-refractivity contribution >= 4 is 11.6 Å². The summed E-state index contributed by atoms with van der Waals surface area (Å²) in [5, 5.41) is 11.9. The first-order valence-corrected chi connectivity index (χ1v) is 6.78. The van der Waals surface area contributed by atoms with Crippen molar-refractivity contribution in [3.05, 3.63) is 29.8 Å². The van der Waals surface area contributed by atoms with Gasteiger partial charge in [-0.1, -0.05) is 32.0 Å². The predicted molar refractivity (Wildman–Crippen MR) is 77.6 cm³/mol. The number of hydrogen-bond donors (Lipinski definition) is 1. The molecule has 1 amide bonds. The summed E-state index contributed by atoms with van der Waals surface area (Å²) in [5.41, 5.74) is 1.90. The topological polar surface area (TPSA) is 52.9 Å². The fourth-order valence-corrected chi connectivity index (χ4v) is 2.04. The number of para-hydroxylation sites is 1. The van der Waals surface area contributed by atoms with Gasteiger partial charge in [0.1, 0.15) is 0 Å². The second kappa shape index (κ2) is 7.58. The zero-order valence-electron chi connectivity index (χ0n) is 11.9. The van der Waals surface area contributed by atoms with Crippen molar-refractivity contribution in [2.45, 2.75) is 40.0 Å². The smallest absolute Gasteiger partial charge is 0.224 e. The minimum Gasteiger partial charge on any atom is -0.326 e. The van der Waals surface area contributed by atoms with E-state index in [0.717, 1.165) is 17.7 Å². The van der Waals surface area contributed by atoms with Crippen molar-refractivity contribution in [2.24, 2.45) is 11.8 Å². The Labute approximate surface area is 115 Å². The molecular formula is C16H22N2O. The Bertz CT molecular complexity index is 460. The molecule has 0 fully saturated rings. The zero-order valence-corrected chi connectivity index (χ0v) is 11.9. The van der Waals surface area contributed by atoms with Crippen LogP contribution in [-0.2, 0) is 4.79 Å². The number of carbonyl (C=O) groups excluding carboxylic acids is 1. The van der Waals surface area contributed by atoms with Crippen LogP contribution in [0.2, 0.25) is 0 Å². The van der Waals surface area contributed by atoms with Gasteiger partial charge in [-0.05, 0) is 37.3 Å². The van der Waals surface area contributed by atoms with E-state index in [1.807, 2.05) is 31.2 Å². The van der Waals surface area contributed by atoms with Gasteiger partial charge in [-0.3, -0.25) is 4.79 Å². The summed E-state index contributed by atoms with van der Waals surface area (Å²) < 4.78 is 0. The van der Waals surface area contributed by atoms with Crippen LogP contribution in [0.5, 0.6) is 0 Å². The largest absolute Gasteiger partial charge is 0.326 e. The van der Waals surface area contributed by atoms with E-state index in [-0.39, 0.29) is 11.8 Å². The van der Waals surface area contributed by atoms with Gasteiger partial charge >= 0.3 is 0 Å². The van der Waals surface area contributed by atoms with Gasteiger partial charge < -0.3 is 5.32 Å². The predicted octanol–water partition coefficient (Wildman–Crippen LogP) is 3.90. The minimum absolute atomic E-state index is 0.0155. The highest BCUT2D eigenvalue weighted by Crippen LogP contribution is 2.18. The maximum absolute atomic E-state index is 11.9. The lowest BCUT2D eigenvalue weighted by Gasteiger charge is -2.12. The van der Waals surface area contributed by atoms with Gasteiger partial charge in [0.25, 0.3) is 0 Å². The number of nitriles is 1. The highest BCUT2D eigenvalue weighted by Gasteiger charge is 2.12. The molecule has 0 heterocycles. The molecule has 0 saturated carbocycles. The van der Waals surface area contributed by atoms with Crippen molar-refractivity contribution < 1.29 is 4.79 Å². The molecule has 0 aliphatic heterocycles. The monoisotopic (exact) mass is 258 g/mol. The van der Waals surface area contributed by atoms with E-state index < -0.39 is 0 Å². The maximum Gasteiger partial charge on any atom is 0.224 e. The number of amides is 1. The standard InChI is InChI=1S/C16H22N2O/c1-12(2)10-14(11-17)8-9-16(19)18-15-7-5-4-6-13(15)3/h4-7,12,14H,8-10H2,1-3H3,(H,18,19). The molecule has 0 bridgehead atoms. The van der Waals surface area contributed by atoms with Crippen LogP contribution in [0.15, 0.2) is 24.3 Å². The van der Waals surface area contributed by atoms with Crippen molar-refractivity contribution in [3.8, 4) is 6.07 Å². The summed E-state index contributed by atoms with van der Waals surface area (Å²) in [6.07, 6.45) is 1.89. The fourth-order valence-electron chi connectivity index (χ4n) is 2.04. The Balaban J connectivity index is 2.44. The normalized spacial score (nSPS) is 11.9. The van der Waals surface area contributed by atoms with E-state index in [1.54, 1.807) is 0 Å². The molecule has 1 N–H and O–H groups in total. The van der Waals surface area contributed by atoms with Crippen LogP contribution in [0.3, 0.4) is 0 Å². The first kappa shape index (κ1) is 15.2. The summed E-state index contributed by atoms with van der Waals surface area (Å²) in [6.45, 7) is 6.15. The SMILES string of the molecule is Cc1ccccc1NC(=O)CCC(C#N)CC(C)C. The van der Waals surface area contributed by atoms with Crippen molar-refractivity contribution in [2.75, 3.05) is 5.32 Å². The summed E-state index contributed by atoms with van der Waals surface area (Å²) >= 11 is 0. The molecule has 0 aliphatic rings. The Morgan fingerprint density at radius 3 is 2.63 bits per heavy atom. The fraction of sp³-hybridized carbons (Fsp3) is 0.500. The second-order valence-corrected chi connectivity index (χ2v) is 5.36. The summed E-state index contributed by atoms with van der Waals surface area (Å²) in [4.78, 5) is 11.9. The average Bonchev–Trinajstić information content (AvgIpc) is 2.37. The molecule has 1 aromatic rings. The summed E-state index contributed by atoms with van der Waals surface area (Å²) in [6, 6.07) is 9.99. The molecule has 1 atom stereocenters. The van der Waals surface area contributed by atoms with Gasteiger partial charge in [0, 0.05) is 18.0 Å². The van der Waals surface area contributed by atoms with Crippen molar-refractivity contribution in [3.63, 3.8) is 0 Å². The number of hydrogen-bond acceptors (Lipinski definition) is 2. The van der Waals surface area contributed by atoms with E-state index in [9.17, 15) is 4.79 Å². The molecule has 1 rings (SSSR count). The molecule has 0 radical (unpaired) electrons. The molecule has 19 heavy (non-hydrogen) atoms. The maximum atomic E-state index is 11.9. The van der Waals surface area contributed by atoms with Crippen LogP contribution in [0, 0.1) is 30.1 Å². The number of rotatable bonds is 6. The average molecular weight is 258 g/mol. The third-order valence-corrected chi connectivity index (χ3v) is 3.08. The number of nitrogens with zero attached hydrogens (tertiary/aromatic N) is 1. The molecule has 1 aromatic carbocycles. The van der Waals surface area contributed by atoms with Gasteiger partial charge in [-0.25, -0.2) is 0 Å². The molecule has 0 spiro atoms. The van der Waals surface area contributed by atoms with Crippen LogP contribution >= 0.6 is 0 Å². The van der Waals surface area contributed by atoms with Gasteiger partial charge in [0.05, 0.1) is 6.07 Å². The van der Waals surface area contributed by atoms with E-state index in [4.69, 9.17) is 5.26 Å². The highest BCUT2D eigenvalue weighted by atomic mass is 16.1. The molecule has 3 heteroatoms. The Kier molecular flexibility index (Phi) is 6.08. The van der Waals surface area contributed by atoms with Crippen molar-refractivity contribution in [1.82, 2.24) is 0 Å². The van der Waals surface area contributed by atoms with Crippen molar-refractivity contribution in [1.29, 1.82) is 5.26 Å². The van der Waals surface area contributed by atoms with E-state index in [1.165, 1.54) is 0 Å². The Morgan fingerprint density at radius 2 is 2.05 bits per heavy atom. The number of carbonyl (C=O) groups is 1. The van der Waals surface area contributed by atoms with Crippen LogP contribution < -0.4 is 5.32 Å². The Hall–Kier alpha value is -1.82. The van der Waals surface area contributed by atoms with Gasteiger partial charge in [-0.2, -0.15) is 5.26 Å². The third kappa shape index (κ3) is 5.56. The number of benzene rings is 1. The highest BCUT2D eigenvalue weighted by molar-refractivity contribution is 5.91. The lowest BCUT2D eigenvalue weighted by Crippen LogP contribution is -2.14. The summed E-state index contributed by atoms with van der Waals surface area (Å²) in [7, 11) is 0. The van der Waals surface area contributed by atoms with Gasteiger partial charge in [-0.15, -0.1) is 0 Å². The lowest BCUT2D eigenvalue weighted by molar-refractivity contribution is -0.116. The van der Waals surface area contributed by atoms with Crippen LogP contribution in [0.1, 0.15) is 38.7 Å². The molecule has 3 nitrogen and oxygen atoms in total. The molecule has 0 aliphatic carbocycles. The zero-order chi connectivity index (χ0) is 14.3. The number of nitrogens with one attached hydrogen (secondary N) is 1. The van der Waals surface area contributed by atoms with Gasteiger partial charge in [0.15, 0.2) is 0 Å². The van der Waals surface area contributed by atoms with Crippen LogP contribution in [0.4, 0.5) is 5.69 Å². The Morgan fingerprint density at radius 1 is 1.37 bits per heavy atom. The lowest BCUT2D eigenvalue weighted by atomic mass is 9.94. The molecule has 0 aromatic heterocycles. The van der Waals surface area contributed by atoms with E-state index in [0.29, 0.717) is 18.8 Å². The second-order valence-electron chi connectivity index (χ2n) is 5.36. The van der Waals surface area contributed by atoms with E-state index in [2.05, 4.69) is 25.2 Å². The molecule has 0 saturated heterocycles. The molecule has 1 unspecified atom stereocenters. The molecule has 102 valence electrons. The van der Waals surface area contributed by atoms with Crippen LogP contribution in [-0.4, -0.2) is 5.91 Å². The van der Waals surface area contributed by atoms with Gasteiger partial charge in [0.2, 0.25) is 5.91 Å². The quantitative estimate of drug-likeness (QED) is 0.841. The minimum atomic E-state index is -0.0254. The molecular weight excluding hydrogens is 236 g/mol. The van der Waals surface area contributed by atoms with E-state index >= 15 is 0 Å². The number of anilines is 1. The first-order valence-electron chi connectivity index (χ1n) is 6.78.